The molecule has 3 heteroatoms. The summed E-state index contributed by atoms with van der Waals surface area (Å²) in [6.07, 6.45) is 8.44. The molecular formula is C16H21N3. The van der Waals surface area contributed by atoms with E-state index in [-0.39, 0.29) is 0 Å². The van der Waals surface area contributed by atoms with E-state index in [1.54, 1.807) is 5.56 Å². The van der Waals surface area contributed by atoms with E-state index in [0.29, 0.717) is 6.04 Å². The molecule has 1 aromatic heterocycles. The summed E-state index contributed by atoms with van der Waals surface area (Å²) in [6.45, 7) is 4.15. The zero-order valence-electron chi connectivity index (χ0n) is 11.4. The number of aromatic nitrogens is 2. The van der Waals surface area contributed by atoms with Gasteiger partial charge in [-0.15, -0.1) is 0 Å². The Bertz CT molecular complexity index is 515. The summed E-state index contributed by atoms with van der Waals surface area (Å²) < 4.78 is 2.12. The first-order valence-electron chi connectivity index (χ1n) is 7.10. The third kappa shape index (κ3) is 3.24. The van der Waals surface area contributed by atoms with Gasteiger partial charge in [0.15, 0.2) is 0 Å². The fourth-order valence-electron chi connectivity index (χ4n) is 2.55. The summed E-state index contributed by atoms with van der Waals surface area (Å²) >= 11 is 0. The van der Waals surface area contributed by atoms with Crippen LogP contribution < -0.4 is 5.32 Å². The molecule has 0 bridgehead atoms. The van der Waals surface area contributed by atoms with Crippen molar-refractivity contribution in [2.45, 2.75) is 44.8 Å². The number of imidazole rings is 1. The van der Waals surface area contributed by atoms with Gasteiger partial charge in [-0.25, -0.2) is 4.98 Å². The molecule has 0 aliphatic heterocycles. The Kier molecular flexibility index (Phi) is 3.65. The fraction of sp³-hybridized carbons (Fsp3) is 0.438. The highest BCUT2D eigenvalue weighted by Gasteiger charge is 2.25. The minimum absolute atomic E-state index is 0.446. The molecule has 0 spiro atoms. The molecule has 1 heterocycles. The molecule has 2 aromatic rings. The molecule has 1 aromatic carbocycles. The molecule has 3 nitrogen and oxygen atoms in total. The highest BCUT2D eigenvalue weighted by atomic mass is 15.1. The number of hydrogen-bond donors (Lipinski definition) is 1. The number of nitrogens with zero attached hydrogens (tertiary/aromatic N) is 2. The first-order chi connectivity index (χ1) is 9.33. The molecule has 1 N–H and O–H groups in total. The molecule has 1 aliphatic rings. The quantitative estimate of drug-likeness (QED) is 0.860. The van der Waals surface area contributed by atoms with Crippen LogP contribution >= 0.6 is 0 Å². The second-order valence-corrected chi connectivity index (χ2v) is 5.51. The third-order valence-corrected chi connectivity index (χ3v) is 3.76. The Morgan fingerprint density at radius 1 is 1.37 bits per heavy atom. The van der Waals surface area contributed by atoms with Gasteiger partial charge in [0.25, 0.3) is 0 Å². The maximum atomic E-state index is 4.07. The second kappa shape index (κ2) is 5.57. The standard InChI is InChI=1S/C16H21N3/c1-13(11-19-9-8-17-12-19)18-10-15-4-2-3-5-16(15)14-6-7-14/h2-5,8-9,12-14,18H,6-7,10-11H2,1H3. The van der Waals surface area contributed by atoms with Crippen molar-refractivity contribution < 1.29 is 0 Å². The van der Waals surface area contributed by atoms with Crippen molar-refractivity contribution in [3.8, 4) is 0 Å². The van der Waals surface area contributed by atoms with Crippen LogP contribution in [-0.2, 0) is 13.1 Å². The Balaban J connectivity index is 1.57. The van der Waals surface area contributed by atoms with Crippen molar-refractivity contribution in [2.75, 3.05) is 0 Å². The summed E-state index contributed by atoms with van der Waals surface area (Å²) in [6, 6.07) is 9.29. The smallest absolute Gasteiger partial charge is 0.0946 e. The van der Waals surface area contributed by atoms with Crippen LogP contribution in [0.2, 0.25) is 0 Å². The first-order valence-corrected chi connectivity index (χ1v) is 7.10. The van der Waals surface area contributed by atoms with Crippen LogP contribution in [0.1, 0.15) is 36.8 Å². The maximum Gasteiger partial charge on any atom is 0.0946 e. The van der Waals surface area contributed by atoms with Crippen molar-refractivity contribution in [3.63, 3.8) is 0 Å². The molecule has 1 aliphatic carbocycles. The highest BCUT2D eigenvalue weighted by Crippen LogP contribution is 2.41. The molecule has 0 radical (unpaired) electrons. The van der Waals surface area contributed by atoms with Gasteiger partial charge in [0.1, 0.15) is 0 Å². The molecule has 0 amide bonds. The zero-order valence-corrected chi connectivity index (χ0v) is 11.4. The maximum absolute atomic E-state index is 4.07. The van der Waals surface area contributed by atoms with Crippen LogP contribution in [0, 0.1) is 0 Å². The molecule has 19 heavy (non-hydrogen) atoms. The minimum atomic E-state index is 0.446. The van der Waals surface area contributed by atoms with E-state index in [1.807, 2.05) is 18.7 Å². The van der Waals surface area contributed by atoms with Gasteiger partial charge in [-0.3, -0.25) is 0 Å². The monoisotopic (exact) mass is 255 g/mol. The Morgan fingerprint density at radius 2 is 2.21 bits per heavy atom. The summed E-state index contributed by atoms with van der Waals surface area (Å²) in [5.74, 6) is 0.821. The predicted molar refractivity (Wildman–Crippen MR) is 76.9 cm³/mol. The Morgan fingerprint density at radius 3 is 2.95 bits per heavy atom. The summed E-state index contributed by atoms with van der Waals surface area (Å²) in [5.41, 5.74) is 3.01. The van der Waals surface area contributed by atoms with Gasteiger partial charge in [-0.2, -0.15) is 0 Å². The van der Waals surface area contributed by atoms with Gasteiger partial charge in [0.2, 0.25) is 0 Å². The lowest BCUT2D eigenvalue weighted by atomic mass is 10.0. The van der Waals surface area contributed by atoms with E-state index in [9.17, 15) is 0 Å². The van der Waals surface area contributed by atoms with Gasteiger partial charge in [-0.1, -0.05) is 24.3 Å². The van der Waals surface area contributed by atoms with Crippen molar-refractivity contribution in [2.24, 2.45) is 0 Å². The van der Waals surface area contributed by atoms with E-state index in [1.165, 1.54) is 18.4 Å². The van der Waals surface area contributed by atoms with Gasteiger partial charge < -0.3 is 9.88 Å². The SMILES string of the molecule is CC(Cn1ccnc1)NCc1ccccc1C1CC1. The normalized spacial score (nSPS) is 16.5. The Hall–Kier alpha value is -1.61. The molecular weight excluding hydrogens is 234 g/mol. The lowest BCUT2D eigenvalue weighted by molar-refractivity contribution is 0.475. The molecule has 100 valence electrons. The highest BCUT2D eigenvalue weighted by molar-refractivity contribution is 5.33. The van der Waals surface area contributed by atoms with Crippen molar-refractivity contribution in [1.82, 2.24) is 14.9 Å². The molecule has 1 unspecified atom stereocenters. The first kappa shape index (κ1) is 12.4. The molecule has 3 rings (SSSR count). The second-order valence-electron chi connectivity index (χ2n) is 5.51. The van der Waals surface area contributed by atoms with Crippen LogP contribution in [0.5, 0.6) is 0 Å². The van der Waals surface area contributed by atoms with Crippen LogP contribution in [0.25, 0.3) is 0 Å². The minimum Gasteiger partial charge on any atom is -0.336 e. The van der Waals surface area contributed by atoms with E-state index in [2.05, 4.69) is 46.1 Å². The van der Waals surface area contributed by atoms with Crippen molar-refractivity contribution >= 4 is 0 Å². The summed E-state index contributed by atoms with van der Waals surface area (Å²) in [4.78, 5) is 4.07. The summed E-state index contributed by atoms with van der Waals surface area (Å²) in [5, 5.41) is 3.61. The number of benzene rings is 1. The number of hydrogen-bond acceptors (Lipinski definition) is 2. The average molecular weight is 255 g/mol. The largest absolute Gasteiger partial charge is 0.336 e. The van der Waals surface area contributed by atoms with Crippen LogP contribution in [0.4, 0.5) is 0 Å². The molecule has 1 fully saturated rings. The van der Waals surface area contributed by atoms with Crippen LogP contribution in [0.3, 0.4) is 0 Å². The van der Waals surface area contributed by atoms with Gasteiger partial charge in [-0.05, 0) is 36.8 Å². The van der Waals surface area contributed by atoms with E-state index in [0.717, 1.165) is 19.0 Å². The van der Waals surface area contributed by atoms with Gasteiger partial charge in [0.05, 0.1) is 6.33 Å². The predicted octanol–water partition coefficient (Wildman–Crippen LogP) is 2.94. The number of rotatable bonds is 6. The zero-order chi connectivity index (χ0) is 13.1. The van der Waals surface area contributed by atoms with Gasteiger partial charge in [0, 0.05) is 31.5 Å². The molecule has 1 saturated carbocycles. The topological polar surface area (TPSA) is 29.9 Å². The van der Waals surface area contributed by atoms with E-state index < -0.39 is 0 Å². The lowest BCUT2D eigenvalue weighted by Crippen LogP contribution is -2.29. The summed E-state index contributed by atoms with van der Waals surface area (Å²) in [7, 11) is 0. The lowest BCUT2D eigenvalue weighted by Gasteiger charge is -2.16. The van der Waals surface area contributed by atoms with Crippen LogP contribution in [0.15, 0.2) is 43.0 Å². The van der Waals surface area contributed by atoms with E-state index in [4.69, 9.17) is 0 Å². The van der Waals surface area contributed by atoms with Crippen LogP contribution in [-0.4, -0.2) is 15.6 Å². The van der Waals surface area contributed by atoms with E-state index >= 15 is 0 Å². The van der Waals surface area contributed by atoms with Gasteiger partial charge >= 0.3 is 0 Å². The van der Waals surface area contributed by atoms with Crippen molar-refractivity contribution in [1.29, 1.82) is 0 Å². The number of nitrogens with one attached hydrogen (secondary N) is 1. The fourth-order valence-corrected chi connectivity index (χ4v) is 2.55. The Labute approximate surface area is 114 Å². The third-order valence-electron chi connectivity index (χ3n) is 3.76. The van der Waals surface area contributed by atoms with Crippen molar-refractivity contribution in [3.05, 3.63) is 54.1 Å². The average Bonchev–Trinajstić information content (AvgIpc) is 3.15. The molecule has 0 saturated heterocycles. The molecule has 1 atom stereocenters.